The highest BCUT2D eigenvalue weighted by molar-refractivity contribution is 9.10. The number of rotatable bonds is 13. The number of fused-ring (bicyclic) bond motifs is 1. The van der Waals surface area contributed by atoms with Crippen LogP contribution in [0.2, 0.25) is 10.0 Å². The molecule has 5 aromatic rings. The quantitative estimate of drug-likeness (QED) is 0.114. The number of para-hydroxylation sites is 2. The number of halogens is 3. The molecule has 1 unspecified atom stereocenters. The van der Waals surface area contributed by atoms with Gasteiger partial charge in [0.1, 0.15) is 18.4 Å². The van der Waals surface area contributed by atoms with E-state index in [1.807, 2.05) is 106 Å². The van der Waals surface area contributed by atoms with Crippen LogP contribution in [0.3, 0.4) is 0 Å². The number of aromatic nitrogens is 3. The first-order valence-corrected chi connectivity index (χ1v) is 18.5. The third-order valence-corrected chi connectivity index (χ3v) is 10.0. The fourth-order valence-electron chi connectivity index (χ4n) is 5.51. The van der Waals surface area contributed by atoms with Gasteiger partial charge >= 0.3 is 0 Å². The maximum Gasteiger partial charge on any atom is 0.255 e. The largest absolute Gasteiger partial charge is 0.492 e. The van der Waals surface area contributed by atoms with Crippen LogP contribution in [0.5, 0.6) is 17.2 Å². The summed E-state index contributed by atoms with van der Waals surface area (Å²) in [6, 6.07) is 25.6. The molecule has 0 radical (unpaired) electrons. The van der Waals surface area contributed by atoms with Crippen LogP contribution < -0.4 is 24.8 Å². The number of ether oxygens (including phenoxy) is 3. The van der Waals surface area contributed by atoms with E-state index in [1.54, 1.807) is 4.68 Å². The Bertz CT molecular complexity index is 2060. The van der Waals surface area contributed by atoms with Crippen molar-refractivity contribution in [2.24, 2.45) is 0 Å². The molecule has 50 heavy (non-hydrogen) atoms. The molecular weight excluding hydrogens is 761 g/mol. The van der Waals surface area contributed by atoms with E-state index in [0.29, 0.717) is 78.8 Å². The Labute approximate surface area is 313 Å². The maximum absolute atomic E-state index is 14.3. The monoisotopic (exact) mass is 793 g/mol. The SMILES string of the molecule is CCOc1ccccc1NC(=O)C1=C(C)Nc2nc(SCc3ccccc3Cl)nn2C1c1cc(Br)c(OCc2ccccc2Cl)c(OCC)c1. The summed E-state index contributed by atoms with van der Waals surface area (Å²) in [5, 5.41) is 13.1. The molecule has 0 bridgehead atoms. The highest BCUT2D eigenvalue weighted by Gasteiger charge is 2.36. The normalized spacial score (nSPS) is 13.8. The zero-order chi connectivity index (χ0) is 35.2. The van der Waals surface area contributed by atoms with Crippen molar-refractivity contribution >= 4 is 68.4 Å². The summed E-state index contributed by atoms with van der Waals surface area (Å²) in [5.41, 5.74) is 4.15. The van der Waals surface area contributed by atoms with Crippen molar-refractivity contribution < 1.29 is 19.0 Å². The van der Waals surface area contributed by atoms with Gasteiger partial charge in [-0.3, -0.25) is 4.79 Å². The molecule has 2 heterocycles. The number of carbonyl (C=O) groups excluding carboxylic acids is 1. The van der Waals surface area contributed by atoms with Crippen LogP contribution in [0.1, 0.15) is 43.5 Å². The number of hydrogen-bond acceptors (Lipinski definition) is 8. The average Bonchev–Trinajstić information content (AvgIpc) is 3.51. The summed E-state index contributed by atoms with van der Waals surface area (Å²) in [5.74, 6) is 2.32. The lowest BCUT2D eigenvalue weighted by atomic mass is 9.94. The van der Waals surface area contributed by atoms with Crippen LogP contribution in [0.25, 0.3) is 0 Å². The first-order valence-electron chi connectivity index (χ1n) is 15.9. The van der Waals surface area contributed by atoms with Crippen LogP contribution in [-0.2, 0) is 17.2 Å². The van der Waals surface area contributed by atoms with Crippen molar-refractivity contribution in [1.29, 1.82) is 0 Å². The van der Waals surface area contributed by atoms with Gasteiger partial charge in [0.15, 0.2) is 11.5 Å². The van der Waals surface area contributed by atoms with E-state index in [-0.39, 0.29) is 12.5 Å². The number of allylic oxidation sites excluding steroid dienone is 1. The third kappa shape index (κ3) is 7.91. The predicted octanol–water partition coefficient (Wildman–Crippen LogP) is 9.94. The van der Waals surface area contributed by atoms with Gasteiger partial charge < -0.3 is 24.8 Å². The van der Waals surface area contributed by atoms with Crippen molar-refractivity contribution in [3.05, 3.63) is 127 Å². The summed E-state index contributed by atoms with van der Waals surface area (Å²) in [6.45, 7) is 6.73. The number of amides is 1. The topological polar surface area (TPSA) is 99.5 Å². The van der Waals surface area contributed by atoms with Crippen LogP contribution in [0.15, 0.2) is 106 Å². The molecule has 0 saturated carbocycles. The van der Waals surface area contributed by atoms with Crippen molar-refractivity contribution in [2.45, 2.75) is 44.3 Å². The second-order valence-corrected chi connectivity index (χ2v) is 13.7. The zero-order valence-corrected chi connectivity index (χ0v) is 31.4. The Balaban J connectivity index is 1.40. The van der Waals surface area contributed by atoms with E-state index >= 15 is 0 Å². The molecule has 4 aromatic carbocycles. The molecule has 0 spiro atoms. The first kappa shape index (κ1) is 35.7. The van der Waals surface area contributed by atoms with E-state index in [9.17, 15) is 4.79 Å². The second-order valence-electron chi connectivity index (χ2n) is 11.1. The summed E-state index contributed by atoms with van der Waals surface area (Å²) in [7, 11) is 0. The van der Waals surface area contributed by atoms with E-state index in [4.69, 9.17) is 47.5 Å². The molecule has 1 amide bonds. The summed E-state index contributed by atoms with van der Waals surface area (Å²) >= 11 is 18.0. The van der Waals surface area contributed by atoms with Gasteiger partial charge in [0.05, 0.1) is 28.9 Å². The van der Waals surface area contributed by atoms with E-state index in [0.717, 1.165) is 16.7 Å². The van der Waals surface area contributed by atoms with Gasteiger partial charge in [-0.05, 0) is 84.2 Å². The number of thioether (sulfide) groups is 1. The minimum Gasteiger partial charge on any atom is -0.492 e. The highest BCUT2D eigenvalue weighted by Crippen LogP contribution is 2.44. The van der Waals surface area contributed by atoms with Gasteiger partial charge in [0.2, 0.25) is 11.1 Å². The molecule has 0 aliphatic carbocycles. The van der Waals surface area contributed by atoms with Crippen LogP contribution in [0, 0.1) is 0 Å². The Morgan fingerprint density at radius 1 is 0.920 bits per heavy atom. The summed E-state index contributed by atoms with van der Waals surface area (Å²) in [6.07, 6.45) is 0. The summed E-state index contributed by atoms with van der Waals surface area (Å²) in [4.78, 5) is 19.1. The molecule has 1 aliphatic heterocycles. The molecule has 1 aromatic heterocycles. The van der Waals surface area contributed by atoms with E-state index in [1.165, 1.54) is 11.8 Å². The highest BCUT2D eigenvalue weighted by atomic mass is 79.9. The third-order valence-electron chi connectivity index (χ3n) is 7.80. The fraction of sp³-hybridized carbons (Fsp3) is 0.216. The van der Waals surface area contributed by atoms with Crippen molar-refractivity contribution in [2.75, 3.05) is 23.8 Å². The van der Waals surface area contributed by atoms with Crippen LogP contribution in [-0.4, -0.2) is 33.9 Å². The molecular formula is C37H34BrCl2N5O4S. The molecule has 0 fully saturated rings. The predicted molar refractivity (Wildman–Crippen MR) is 203 cm³/mol. The number of benzene rings is 4. The number of anilines is 2. The molecule has 2 N–H and O–H groups in total. The zero-order valence-electron chi connectivity index (χ0n) is 27.5. The molecule has 13 heteroatoms. The van der Waals surface area contributed by atoms with E-state index in [2.05, 4.69) is 26.6 Å². The molecule has 258 valence electrons. The molecule has 1 atom stereocenters. The van der Waals surface area contributed by atoms with Gasteiger partial charge in [-0.25, -0.2) is 4.68 Å². The van der Waals surface area contributed by atoms with Crippen LogP contribution in [0.4, 0.5) is 11.6 Å². The van der Waals surface area contributed by atoms with Gasteiger partial charge in [0.25, 0.3) is 5.91 Å². The van der Waals surface area contributed by atoms with Gasteiger partial charge in [-0.2, -0.15) is 4.98 Å². The molecule has 1 aliphatic rings. The number of nitrogens with one attached hydrogen (secondary N) is 2. The maximum atomic E-state index is 14.3. The number of hydrogen-bond donors (Lipinski definition) is 2. The van der Waals surface area contributed by atoms with E-state index < -0.39 is 6.04 Å². The van der Waals surface area contributed by atoms with Gasteiger partial charge in [0, 0.05) is 27.1 Å². The fourth-order valence-corrected chi connectivity index (χ4v) is 7.39. The Kier molecular flexibility index (Phi) is 11.6. The summed E-state index contributed by atoms with van der Waals surface area (Å²) < 4.78 is 20.6. The van der Waals surface area contributed by atoms with Crippen molar-refractivity contribution in [3.8, 4) is 17.2 Å². The number of carbonyl (C=O) groups is 1. The minimum atomic E-state index is -0.694. The van der Waals surface area contributed by atoms with Gasteiger partial charge in [-0.1, -0.05) is 83.5 Å². The number of nitrogens with zero attached hydrogens (tertiary/aromatic N) is 3. The molecule has 9 nitrogen and oxygen atoms in total. The van der Waals surface area contributed by atoms with Crippen molar-refractivity contribution in [1.82, 2.24) is 14.8 Å². The lowest BCUT2D eigenvalue weighted by Gasteiger charge is -2.29. The van der Waals surface area contributed by atoms with Crippen molar-refractivity contribution in [3.63, 3.8) is 0 Å². The molecule has 6 rings (SSSR count). The smallest absolute Gasteiger partial charge is 0.255 e. The standard InChI is InChI=1S/C37H34BrCl2N5O4S/c1-4-47-30-17-11-10-16-29(30)42-35(46)32-22(3)41-36-43-37(50-21-24-13-7-9-15-28(24)40)44-45(36)33(32)25-18-26(38)34(31(19-25)48-5-2)49-20-23-12-6-8-14-27(23)39/h6-19,33H,4-5,20-21H2,1-3H3,(H,42,46)(H,41,43,44). The average molecular weight is 796 g/mol. The lowest BCUT2D eigenvalue weighted by Crippen LogP contribution is -2.31. The Morgan fingerprint density at radius 2 is 1.58 bits per heavy atom. The minimum absolute atomic E-state index is 0.232. The second kappa shape index (κ2) is 16.2. The Hall–Kier alpha value is -4.16. The van der Waals surface area contributed by atoms with Crippen LogP contribution >= 0.6 is 50.9 Å². The van der Waals surface area contributed by atoms with Gasteiger partial charge in [-0.15, -0.1) is 5.10 Å². The Morgan fingerprint density at radius 3 is 2.30 bits per heavy atom. The molecule has 0 saturated heterocycles. The lowest BCUT2D eigenvalue weighted by molar-refractivity contribution is -0.113. The first-order chi connectivity index (χ1) is 24.3.